The molecule has 0 aliphatic carbocycles. The van der Waals surface area contributed by atoms with Crippen LogP contribution < -0.4 is 5.32 Å². The molecule has 5 nitrogen and oxygen atoms in total. The molecule has 0 amide bonds. The number of piperidine rings is 1. The highest BCUT2D eigenvalue weighted by Gasteiger charge is 2.32. The van der Waals surface area contributed by atoms with E-state index in [0.717, 1.165) is 31.6 Å². The first-order chi connectivity index (χ1) is 9.43. The molecule has 1 aliphatic rings. The van der Waals surface area contributed by atoms with Gasteiger partial charge in [-0.2, -0.15) is 28.8 Å². The van der Waals surface area contributed by atoms with E-state index in [9.17, 15) is 8.42 Å². The van der Waals surface area contributed by atoms with Gasteiger partial charge in [-0.3, -0.25) is 0 Å². The highest BCUT2D eigenvalue weighted by Crippen LogP contribution is 2.22. The average molecular weight is 324 g/mol. The topological polar surface area (TPSA) is 52.7 Å². The molecule has 0 aromatic rings. The molecule has 1 aliphatic heterocycles. The van der Waals surface area contributed by atoms with Crippen LogP contribution in [0.25, 0.3) is 0 Å². The summed E-state index contributed by atoms with van der Waals surface area (Å²) in [5.41, 5.74) is 0. The van der Waals surface area contributed by atoms with E-state index in [1.54, 1.807) is 27.4 Å². The second kappa shape index (κ2) is 8.58. The van der Waals surface area contributed by atoms with Gasteiger partial charge in [0, 0.05) is 26.2 Å². The summed E-state index contributed by atoms with van der Waals surface area (Å²) in [6.45, 7) is 4.26. The van der Waals surface area contributed by atoms with Gasteiger partial charge >= 0.3 is 0 Å². The van der Waals surface area contributed by atoms with Gasteiger partial charge in [-0.15, -0.1) is 0 Å². The Morgan fingerprint density at radius 1 is 1.40 bits per heavy atom. The summed E-state index contributed by atoms with van der Waals surface area (Å²) in [5, 5.41) is 3.17. The second-order valence-corrected chi connectivity index (χ2v) is 8.53. The summed E-state index contributed by atoms with van der Waals surface area (Å²) in [4.78, 5) is 0. The number of thioether (sulfide) groups is 1. The van der Waals surface area contributed by atoms with Gasteiger partial charge < -0.3 is 5.32 Å². The van der Waals surface area contributed by atoms with Crippen molar-refractivity contribution in [2.24, 2.45) is 5.92 Å². The summed E-state index contributed by atoms with van der Waals surface area (Å²) in [6, 6.07) is 0.0579. The molecule has 1 fully saturated rings. The van der Waals surface area contributed by atoms with Crippen molar-refractivity contribution in [3.8, 4) is 0 Å². The maximum absolute atomic E-state index is 12.6. The van der Waals surface area contributed by atoms with Crippen molar-refractivity contribution in [3.05, 3.63) is 0 Å². The van der Waals surface area contributed by atoms with E-state index >= 15 is 0 Å². The van der Waals surface area contributed by atoms with Gasteiger partial charge in [0.2, 0.25) is 0 Å². The van der Waals surface area contributed by atoms with E-state index < -0.39 is 10.2 Å². The first kappa shape index (κ1) is 18.2. The molecular weight excluding hydrogens is 294 g/mol. The van der Waals surface area contributed by atoms with Crippen LogP contribution in [0.4, 0.5) is 0 Å². The third kappa shape index (κ3) is 4.87. The summed E-state index contributed by atoms with van der Waals surface area (Å²) >= 11 is 1.76. The highest BCUT2D eigenvalue weighted by atomic mass is 32.2. The lowest BCUT2D eigenvalue weighted by Crippen LogP contribution is -2.49. The van der Waals surface area contributed by atoms with Crippen LogP contribution in [0.5, 0.6) is 0 Å². The van der Waals surface area contributed by atoms with Crippen molar-refractivity contribution < 1.29 is 8.42 Å². The Hall–Kier alpha value is 0.180. The van der Waals surface area contributed by atoms with Crippen LogP contribution in [0.1, 0.15) is 26.2 Å². The van der Waals surface area contributed by atoms with Crippen LogP contribution in [0.15, 0.2) is 0 Å². The molecule has 120 valence electrons. The van der Waals surface area contributed by atoms with Crippen LogP contribution in [0.2, 0.25) is 0 Å². The number of rotatable bonds is 8. The molecule has 0 saturated carbocycles. The fourth-order valence-electron chi connectivity index (χ4n) is 2.51. The van der Waals surface area contributed by atoms with Crippen molar-refractivity contribution in [2.45, 2.75) is 32.2 Å². The molecule has 0 radical (unpaired) electrons. The lowest BCUT2D eigenvalue weighted by molar-refractivity contribution is 0.248. The Morgan fingerprint density at radius 3 is 2.50 bits per heavy atom. The van der Waals surface area contributed by atoms with E-state index in [-0.39, 0.29) is 6.04 Å². The predicted molar refractivity (Wildman–Crippen MR) is 87.4 cm³/mol. The van der Waals surface area contributed by atoms with E-state index in [4.69, 9.17) is 0 Å². The normalized spacial score (nSPS) is 20.4. The van der Waals surface area contributed by atoms with E-state index in [0.29, 0.717) is 19.0 Å². The second-order valence-electron chi connectivity index (χ2n) is 5.55. The maximum atomic E-state index is 12.6. The van der Waals surface area contributed by atoms with Crippen molar-refractivity contribution in [1.82, 2.24) is 13.9 Å². The fraction of sp³-hybridized carbons (Fsp3) is 1.00. The molecule has 1 atom stereocenters. The Bertz CT molecular complexity index is 368. The fourth-order valence-corrected chi connectivity index (χ4v) is 4.69. The molecule has 20 heavy (non-hydrogen) atoms. The molecule has 0 spiro atoms. The highest BCUT2D eigenvalue weighted by molar-refractivity contribution is 7.98. The van der Waals surface area contributed by atoms with Crippen molar-refractivity contribution in [1.29, 1.82) is 0 Å². The quantitative estimate of drug-likeness (QED) is 0.730. The Morgan fingerprint density at radius 2 is 2.00 bits per heavy atom. The first-order valence-corrected chi connectivity index (χ1v) is 10.1. The molecule has 7 heteroatoms. The largest absolute Gasteiger partial charge is 0.319 e. The third-order valence-electron chi connectivity index (χ3n) is 4.12. The number of hydrogen-bond donors (Lipinski definition) is 1. The van der Waals surface area contributed by atoms with Gasteiger partial charge in [0.15, 0.2) is 0 Å². The zero-order valence-corrected chi connectivity index (χ0v) is 14.8. The molecule has 0 bridgehead atoms. The van der Waals surface area contributed by atoms with Gasteiger partial charge in [-0.25, -0.2) is 0 Å². The predicted octanol–water partition coefficient (Wildman–Crippen LogP) is 1.24. The van der Waals surface area contributed by atoms with E-state index in [2.05, 4.69) is 5.32 Å². The summed E-state index contributed by atoms with van der Waals surface area (Å²) < 4.78 is 28.4. The molecule has 1 heterocycles. The number of nitrogens with one attached hydrogen (secondary N) is 1. The van der Waals surface area contributed by atoms with Gasteiger partial charge in [0.1, 0.15) is 0 Å². The minimum atomic E-state index is -3.29. The van der Waals surface area contributed by atoms with Gasteiger partial charge in [0.05, 0.1) is 0 Å². The zero-order chi connectivity index (χ0) is 15.2. The standard InChI is InChI=1S/C13H29N3O2S2/c1-12(7-10-19-4)15(3)20(17,18)16-8-5-13(6-9-16)11-14-2/h12-14H,5-11H2,1-4H3. The lowest BCUT2D eigenvalue weighted by atomic mass is 9.98. The van der Waals surface area contributed by atoms with Gasteiger partial charge in [-0.1, -0.05) is 0 Å². The first-order valence-electron chi connectivity index (χ1n) is 7.30. The summed E-state index contributed by atoms with van der Waals surface area (Å²) in [5.74, 6) is 1.59. The summed E-state index contributed by atoms with van der Waals surface area (Å²) in [7, 11) is 0.364. The molecule has 0 aromatic carbocycles. The Labute approximate surface area is 128 Å². The molecule has 0 aromatic heterocycles. The Kier molecular flexibility index (Phi) is 7.82. The number of hydrogen-bond acceptors (Lipinski definition) is 4. The van der Waals surface area contributed by atoms with Crippen LogP contribution in [0.3, 0.4) is 0 Å². The lowest BCUT2D eigenvalue weighted by Gasteiger charge is -2.35. The van der Waals surface area contributed by atoms with Crippen molar-refractivity contribution >= 4 is 22.0 Å². The number of nitrogens with zero attached hydrogens (tertiary/aromatic N) is 2. The van der Waals surface area contributed by atoms with Crippen molar-refractivity contribution in [2.75, 3.05) is 45.7 Å². The van der Waals surface area contributed by atoms with E-state index in [1.807, 2.05) is 20.2 Å². The van der Waals surface area contributed by atoms with Crippen LogP contribution in [-0.4, -0.2) is 68.8 Å². The van der Waals surface area contributed by atoms with Crippen LogP contribution in [0, 0.1) is 5.92 Å². The van der Waals surface area contributed by atoms with Gasteiger partial charge in [-0.05, 0) is 57.7 Å². The third-order valence-corrected chi connectivity index (χ3v) is 6.87. The minimum absolute atomic E-state index is 0.0579. The zero-order valence-electron chi connectivity index (χ0n) is 13.1. The SMILES string of the molecule is CNCC1CCN(S(=O)(=O)N(C)C(C)CCSC)CC1. The molecule has 1 unspecified atom stereocenters. The minimum Gasteiger partial charge on any atom is -0.319 e. The maximum Gasteiger partial charge on any atom is 0.281 e. The monoisotopic (exact) mass is 323 g/mol. The van der Waals surface area contributed by atoms with Gasteiger partial charge in [0.25, 0.3) is 10.2 Å². The molecular formula is C13H29N3O2S2. The smallest absolute Gasteiger partial charge is 0.281 e. The average Bonchev–Trinajstić information content (AvgIpc) is 2.44. The summed E-state index contributed by atoms with van der Waals surface area (Å²) in [6.07, 6.45) is 4.85. The van der Waals surface area contributed by atoms with Crippen LogP contribution in [-0.2, 0) is 10.2 Å². The molecule has 1 rings (SSSR count). The van der Waals surface area contributed by atoms with Crippen LogP contribution >= 0.6 is 11.8 Å². The molecule has 1 N–H and O–H groups in total. The van der Waals surface area contributed by atoms with Crippen molar-refractivity contribution in [3.63, 3.8) is 0 Å². The Balaban J connectivity index is 2.56. The molecule has 1 saturated heterocycles. The van der Waals surface area contributed by atoms with E-state index in [1.165, 1.54) is 0 Å².